The van der Waals surface area contributed by atoms with Gasteiger partial charge >= 0.3 is 0 Å². The lowest BCUT2D eigenvalue weighted by molar-refractivity contribution is -0.140. The van der Waals surface area contributed by atoms with Gasteiger partial charge in [-0.15, -0.1) is 0 Å². The summed E-state index contributed by atoms with van der Waals surface area (Å²) in [5, 5.41) is 9.20. The van der Waals surface area contributed by atoms with Gasteiger partial charge < -0.3 is 15.5 Å². The Labute approximate surface area is 177 Å². The molecular weight excluding hydrogens is 378 g/mol. The van der Waals surface area contributed by atoms with Crippen LogP contribution in [0.25, 0.3) is 11.1 Å². The molecule has 1 aromatic carbocycles. The van der Waals surface area contributed by atoms with Gasteiger partial charge in [0, 0.05) is 37.0 Å². The molecule has 0 aliphatic carbocycles. The van der Waals surface area contributed by atoms with E-state index in [2.05, 4.69) is 18.8 Å². The number of hydrogen-bond donors (Lipinski definition) is 1. The summed E-state index contributed by atoms with van der Waals surface area (Å²) in [5.41, 5.74) is 7.99. The molecule has 7 nitrogen and oxygen atoms in total. The lowest BCUT2D eigenvalue weighted by Gasteiger charge is -2.41. The molecule has 7 heteroatoms. The summed E-state index contributed by atoms with van der Waals surface area (Å²) in [7, 11) is 0. The molecule has 2 aromatic rings. The highest BCUT2D eigenvalue weighted by atomic mass is 16.2. The SMILES string of the molecule is CCN1CCN(C(=O)c2cccc(-c3cnc(N)c(C#N)c3)c2)C(CC(C)C)C1=O. The maximum Gasteiger partial charge on any atom is 0.254 e. The van der Waals surface area contributed by atoms with Crippen LogP contribution in [0.1, 0.15) is 43.1 Å². The van der Waals surface area contributed by atoms with E-state index in [0.717, 1.165) is 5.56 Å². The van der Waals surface area contributed by atoms with E-state index >= 15 is 0 Å². The molecule has 1 unspecified atom stereocenters. The molecule has 0 radical (unpaired) electrons. The fourth-order valence-corrected chi connectivity index (χ4v) is 3.79. The van der Waals surface area contributed by atoms with E-state index in [1.165, 1.54) is 0 Å². The summed E-state index contributed by atoms with van der Waals surface area (Å²) >= 11 is 0. The van der Waals surface area contributed by atoms with E-state index in [1.807, 2.05) is 24.0 Å². The van der Waals surface area contributed by atoms with Gasteiger partial charge in [0.15, 0.2) is 0 Å². The number of carbonyl (C=O) groups is 2. The second-order valence-corrected chi connectivity index (χ2v) is 7.91. The molecule has 0 saturated carbocycles. The van der Waals surface area contributed by atoms with E-state index in [9.17, 15) is 14.9 Å². The molecule has 1 aliphatic heterocycles. The molecule has 156 valence electrons. The van der Waals surface area contributed by atoms with Gasteiger partial charge in [-0.25, -0.2) is 4.98 Å². The lowest BCUT2D eigenvalue weighted by Crippen LogP contribution is -2.58. The second kappa shape index (κ2) is 8.95. The predicted molar refractivity (Wildman–Crippen MR) is 115 cm³/mol. The first-order chi connectivity index (χ1) is 14.3. The average Bonchev–Trinajstić information content (AvgIpc) is 2.74. The summed E-state index contributed by atoms with van der Waals surface area (Å²) in [5.74, 6) is 0.332. The number of nitriles is 1. The zero-order valence-electron chi connectivity index (χ0n) is 17.6. The van der Waals surface area contributed by atoms with Crippen molar-refractivity contribution in [2.24, 2.45) is 5.92 Å². The Balaban J connectivity index is 1.92. The number of nitrogens with two attached hydrogens (primary N) is 1. The quantitative estimate of drug-likeness (QED) is 0.824. The van der Waals surface area contributed by atoms with Gasteiger partial charge in [-0.1, -0.05) is 26.0 Å². The summed E-state index contributed by atoms with van der Waals surface area (Å²) in [6, 6.07) is 10.4. The Bertz CT molecular complexity index is 995. The topological polar surface area (TPSA) is 103 Å². The van der Waals surface area contributed by atoms with Crippen LogP contribution in [0.2, 0.25) is 0 Å². The van der Waals surface area contributed by atoms with Crippen molar-refractivity contribution in [1.29, 1.82) is 5.26 Å². The fourth-order valence-electron chi connectivity index (χ4n) is 3.79. The minimum absolute atomic E-state index is 0.0170. The first-order valence-electron chi connectivity index (χ1n) is 10.2. The van der Waals surface area contributed by atoms with Crippen LogP contribution in [0.3, 0.4) is 0 Å². The summed E-state index contributed by atoms with van der Waals surface area (Å²) in [4.78, 5) is 33.9. The molecule has 1 aromatic heterocycles. The van der Waals surface area contributed by atoms with Crippen molar-refractivity contribution >= 4 is 17.6 Å². The minimum atomic E-state index is -0.446. The zero-order valence-corrected chi connectivity index (χ0v) is 17.6. The van der Waals surface area contributed by atoms with Crippen molar-refractivity contribution in [1.82, 2.24) is 14.8 Å². The lowest BCUT2D eigenvalue weighted by atomic mass is 9.97. The third-order valence-corrected chi connectivity index (χ3v) is 5.40. The molecule has 1 saturated heterocycles. The van der Waals surface area contributed by atoms with Crippen LogP contribution in [0.5, 0.6) is 0 Å². The maximum atomic E-state index is 13.4. The van der Waals surface area contributed by atoms with E-state index < -0.39 is 6.04 Å². The van der Waals surface area contributed by atoms with Crippen molar-refractivity contribution in [3.8, 4) is 17.2 Å². The van der Waals surface area contributed by atoms with E-state index in [-0.39, 0.29) is 17.6 Å². The highest BCUT2D eigenvalue weighted by Gasteiger charge is 2.37. The van der Waals surface area contributed by atoms with Crippen molar-refractivity contribution in [3.63, 3.8) is 0 Å². The summed E-state index contributed by atoms with van der Waals surface area (Å²) in [6.45, 7) is 7.78. The predicted octanol–water partition coefficient (Wildman–Crippen LogP) is 2.92. The number of nitrogens with zero attached hydrogens (tertiary/aromatic N) is 4. The van der Waals surface area contributed by atoms with E-state index in [4.69, 9.17) is 5.73 Å². The first kappa shape index (κ1) is 21.3. The van der Waals surface area contributed by atoms with Gasteiger partial charge in [0.2, 0.25) is 5.91 Å². The highest BCUT2D eigenvalue weighted by molar-refractivity contribution is 5.99. The molecule has 2 amide bonds. The largest absolute Gasteiger partial charge is 0.383 e. The summed E-state index contributed by atoms with van der Waals surface area (Å²) < 4.78 is 0. The third kappa shape index (κ3) is 4.28. The molecule has 2 heterocycles. The number of aromatic nitrogens is 1. The second-order valence-electron chi connectivity index (χ2n) is 7.91. The smallest absolute Gasteiger partial charge is 0.254 e. The van der Waals surface area contributed by atoms with Gasteiger partial charge in [0.1, 0.15) is 17.9 Å². The summed E-state index contributed by atoms with van der Waals surface area (Å²) in [6.07, 6.45) is 2.22. The van der Waals surface area contributed by atoms with Crippen LogP contribution in [0, 0.1) is 17.2 Å². The van der Waals surface area contributed by atoms with Crippen molar-refractivity contribution < 1.29 is 9.59 Å². The van der Waals surface area contributed by atoms with Crippen molar-refractivity contribution in [3.05, 3.63) is 47.7 Å². The Morgan fingerprint density at radius 3 is 2.73 bits per heavy atom. The normalized spacial score (nSPS) is 16.6. The number of likely N-dealkylation sites (N-methyl/N-ethyl adjacent to an activating group) is 1. The number of anilines is 1. The molecule has 1 atom stereocenters. The number of piperazine rings is 1. The molecule has 0 spiro atoms. The number of carbonyl (C=O) groups excluding carboxylic acids is 2. The standard InChI is InChI=1S/C23H27N5O2/c1-4-27-8-9-28(20(23(27)30)10-15(2)3)22(29)17-7-5-6-16(11-17)19-12-18(13-24)21(25)26-14-19/h5-7,11-12,14-15,20H,4,8-10H2,1-3H3,(H2,25,26). The van der Waals surface area contributed by atoms with Crippen LogP contribution < -0.4 is 5.73 Å². The minimum Gasteiger partial charge on any atom is -0.383 e. The van der Waals surface area contributed by atoms with Gasteiger partial charge in [-0.2, -0.15) is 5.26 Å². The van der Waals surface area contributed by atoms with Crippen LogP contribution in [-0.4, -0.2) is 52.3 Å². The van der Waals surface area contributed by atoms with Gasteiger partial charge in [-0.3, -0.25) is 9.59 Å². The molecule has 1 aliphatic rings. The van der Waals surface area contributed by atoms with Crippen LogP contribution in [0.15, 0.2) is 36.5 Å². The fraction of sp³-hybridized carbons (Fsp3) is 0.391. The van der Waals surface area contributed by atoms with Gasteiger partial charge in [0.05, 0.1) is 5.56 Å². The number of hydrogen-bond acceptors (Lipinski definition) is 5. The average molecular weight is 406 g/mol. The molecule has 30 heavy (non-hydrogen) atoms. The third-order valence-electron chi connectivity index (χ3n) is 5.40. The molecule has 0 bridgehead atoms. The van der Waals surface area contributed by atoms with E-state index in [0.29, 0.717) is 48.7 Å². The molecule has 2 N–H and O–H groups in total. The monoisotopic (exact) mass is 405 g/mol. The Morgan fingerprint density at radius 1 is 1.30 bits per heavy atom. The number of amides is 2. The highest BCUT2D eigenvalue weighted by Crippen LogP contribution is 2.25. The van der Waals surface area contributed by atoms with Crippen LogP contribution in [0.4, 0.5) is 5.82 Å². The van der Waals surface area contributed by atoms with Gasteiger partial charge in [0.25, 0.3) is 5.91 Å². The molecule has 1 fully saturated rings. The Hall–Kier alpha value is -3.40. The Kier molecular flexibility index (Phi) is 6.36. The Morgan fingerprint density at radius 2 is 2.07 bits per heavy atom. The molecule has 3 rings (SSSR count). The number of pyridine rings is 1. The van der Waals surface area contributed by atoms with Crippen LogP contribution in [-0.2, 0) is 4.79 Å². The van der Waals surface area contributed by atoms with Crippen LogP contribution >= 0.6 is 0 Å². The first-order valence-corrected chi connectivity index (χ1v) is 10.2. The number of benzene rings is 1. The zero-order chi connectivity index (χ0) is 21.8. The van der Waals surface area contributed by atoms with Crippen molar-refractivity contribution in [2.75, 3.05) is 25.4 Å². The van der Waals surface area contributed by atoms with E-state index in [1.54, 1.807) is 35.4 Å². The maximum absolute atomic E-state index is 13.4. The van der Waals surface area contributed by atoms with Gasteiger partial charge in [-0.05, 0) is 43.0 Å². The number of rotatable bonds is 5. The number of nitrogen functional groups attached to an aromatic ring is 1. The molecular formula is C23H27N5O2. The van der Waals surface area contributed by atoms with Crippen molar-refractivity contribution in [2.45, 2.75) is 33.2 Å².